The van der Waals surface area contributed by atoms with Crippen molar-refractivity contribution < 1.29 is 14.3 Å². The first-order chi connectivity index (χ1) is 7.65. The van der Waals surface area contributed by atoms with Gasteiger partial charge in [-0.05, 0) is 32.9 Å². The third-order valence-electron chi connectivity index (χ3n) is 2.09. The van der Waals surface area contributed by atoms with E-state index in [-0.39, 0.29) is 12.1 Å². The molecule has 1 aromatic heterocycles. The molecule has 1 atom stereocenters. The van der Waals surface area contributed by atoms with Crippen molar-refractivity contribution in [3.05, 3.63) is 29.6 Å². The van der Waals surface area contributed by atoms with Crippen LogP contribution in [0.25, 0.3) is 0 Å². The minimum atomic E-state index is -0.349. The van der Waals surface area contributed by atoms with Crippen LogP contribution in [0.2, 0.25) is 0 Å². The highest BCUT2D eigenvalue weighted by Crippen LogP contribution is 2.07. The summed E-state index contributed by atoms with van der Waals surface area (Å²) < 4.78 is 10.4. The smallest absolute Gasteiger partial charge is 0.340 e. The molecule has 0 spiro atoms. The summed E-state index contributed by atoms with van der Waals surface area (Å²) in [7, 11) is 0. The number of hydrogen-bond acceptors (Lipinski definition) is 4. The second kappa shape index (κ2) is 6.23. The van der Waals surface area contributed by atoms with Crippen LogP contribution in [0.15, 0.2) is 18.3 Å². The first-order valence-electron chi connectivity index (χ1n) is 5.35. The average Bonchev–Trinajstić information content (AvgIpc) is 2.26. The molecule has 0 N–H and O–H groups in total. The van der Waals surface area contributed by atoms with E-state index in [4.69, 9.17) is 9.47 Å². The van der Waals surface area contributed by atoms with Gasteiger partial charge in [-0.3, -0.25) is 4.98 Å². The van der Waals surface area contributed by atoms with Gasteiger partial charge in [0.2, 0.25) is 0 Å². The normalized spacial score (nSPS) is 12.2. The maximum Gasteiger partial charge on any atom is 0.340 e. The van der Waals surface area contributed by atoms with E-state index in [0.717, 1.165) is 0 Å². The molecule has 0 saturated heterocycles. The lowest BCUT2D eigenvalue weighted by Gasteiger charge is -2.13. The lowest BCUT2D eigenvalue weighted by Crippen LogP contribution is -2.21. The lowest BCUT2D eigenvalue weighted by molar-refractivity contribution is 0.00429. The lowest BCUT2D eigenvalue weighted by atomic mass is 10.2. The Labute approximate surface area is 95.6 Å². The molecule has 1 heterocycles. The van der Waals surface area contributed by atoms with Gasteiger partial charge < -0.3 is 9.47 Å². The SMILES string of the molecule is CCOCC(C)OC(=O)c1cccnc1C. The predicted molar refractivity (Wildman–Crippen MR) is 60.3 cm³/mol. The van der Waals surface area contributed by atoms with Gasteiger partial charge in [0.15, 0.2) is 0 Å². The maximum absolute atomic E-state index is 11.7. The molecule has 1 aromatic rings. The van der Waals surface area contributed by atoms with Gasteiger partial charge in [-0.15, -0.1) is 0 Å². The van der Waals surface area contributed by atoms with Crippen LogP contribution < -0.4 is 0 Å². The van der Waals surface area contributed by atoms with Gasteiger partial charge in [-0.25, -0.2) is 4.79 Å². The van der Waals surface area contributed by atoms with Crippen molar-refractivity contribution in [1.29, 1.82) is 0 Å². The molecule has 1 unspecified atom stereocenters. The number of rotatable bonds is 5. The zero-order chi connectivity index (χ0) is 12.0. The van der Waals surface area contributed by atoms with E-state index < -0.39 is 0 Å². The van der Waals surface area contributed by atoms with E-state index in [2.05, 4.69) is 4.98 Å². The van der Waals surface area contributed by atoms with Crippen LogP contribution >= 0.6 is 0 Å². The van der Waals surface area contributed by atoms with Gasteiger partial charge in [-0.1, -0.05) is 0 Å². The Balaban J connectivity index is 2.56. The van der Waals surface area contributed by atoms with Crippen LogP contribution in [0, 0.1) is 6.92 Å². The minimum absolute atomic E-state index is 0.243. The summed E-state index contributed by atoms with van der Waals surface area (Å²) >= 11 is 0. The summed E-state index contributed by atoms with van der Waals surface area (Å²) in [5.41, 5.74) is 1.18. The second-order valence-corrected chi connectivity index (χ2v) is 3.51. The number of ether oxygens (including phenoxy) is 2. The fraction of sp³-hybridized carbons (Fsp3) is 0.500. The Morgan fingerprint density at radius 1 is 1.56 bits per heavy atom. The van der Waals surface area contributed by atoms with Crippen LogP contribution in [-0.2, 0) is 9.47 Å². The monoisotopic (exact) mass is 223 g/mol. The van der Waals surface area contributed by atoms with Crippen LogP contribution in [0.3, 0.4) is 0 Å². The van der Waals surface area contributed by atoms with Gasteiger partial charge in [0.1, 0.15) is 6.10 Å². The molecular weight excluding hydrogens is 206 g/mol. The molecular formula is C12H17NO3. The minimum Gasteiger partial charge on any atom is -0.457 e. The van der Waals surface area contributed by atoms with Crippen LogP contribution in [0.4, 0.5) is 0 Å². The summed E-state index contributed by atoms with van der Waals surface area (Å²) in [5.74, 6) is -0.349. The number of pyridine rings is 1. The molecule has 0 aliphatic heterocycles. The van der Waals surface area contributed by atoms with Crippen molar-refractivity contribution in [1.82, 2.24) is 4.98 Å². The largest absolute Gasteiger partial charge is 0.457 e. The van der Waals surface area contributed by atoms with Gasteiger partial charge in [-0.2, -0.15) is 0 Å². The van der Waals surface area contributed by atoms with E-state index >= 15 is 0 Å². The van der Waals surface area contributed by atoms with Crippen molar-refractivity contribution in [2.75, 3.05) is 13.2 Å². The zero-order valence-corrected chi connectivity index (χ0v) is 9.90. The Morgan fingerprint density at radius 3 is 2.94 bits per heavy atom. The Hall–Kier alpha value is -1.42. The van der Waals surface area contributed by atoms with Crippen LogP contribution in [0.5, 0.6) is 0 Å². The average molecular weight is 223 g/mol. The number of carbonyl (C=O) groups is 1. The van der Waals surface area contributed by atoms with Crippen molar-refractivity contribution in [2.24, 2.45) is 0 Å². The number of esters is 1. The summed E-state index contributed by atoms with van der Waals surface area (Å²) in [6.07, 6.45) is 1.41. The number of nitrogens with zero attached hydrogens (tertiary/aromatic N) is 1. The number of aryl methyl sites for hydroxylation is 1. The highest BCUT2D eigenvalue weighted by atomic mass is 16.6. The molecule has 0 amide bonds. The molecule has 0 radical (unpaired) electrons. The van der Waals surface area contributed by atoms with E-state index in [9.17, 15) is 4.79 Å². The summed E-state index contributed by atoms with van der Waals surface area (Å²) in [6.45, 7) is 6.53. The predicted octanol–water partition coefficient (Wildman–Crippen LogP) is 1.97. The van der Waals surface area contributed by atoms with Gasteiger partial charge in [0.05, 0.1) is 17.9 Å². The van der Waals surface area contributed by atoms with Crippen molar-refractivity contribution in [2.45, 2.75) is 26.9 Å². The quantitative estimate of drug-likeness (QED) is 0.716. The molecule has 0 bridgehead atoms. The highest BCUT2D eigenvalue weighted by Gasteiger charge is 2.14. The van der Waals surface area contributed by atoms with Crippen molar-refractivity contribution in [3.8, 4) is 0 Å². The molecule has 0 fully saturated rings. The van der Waals surface area contributed by atoms with Crippen molar-refractivity contribution in [3.63, 3.8) is 0 Å². The van der Waals surface area contributed by atoms with E-state index in [1.807, 2.05) is 6.92 Å². The molecule has 0 aliphatic rings. The van der Waals surface area contributed by atoms with Crippen LogP contribution in [0.1, 0.15) is 29.9 Å². The topological polar surface area (TPSA) is 48.4 Å². The fourth-order valence-electron chi connectivity index (χ4n) is 1.26. The fourth-order valence-corrected chi connectivity index (χ4v) is 1.26. The van der Waals surface area contributed by atoms with E-state index in [0.29, 0.717) is 24.5 Å². The molecule has 16 heavy (non-hydrogen) atoms. The Kier molecular flexibility index (Phi) is 4.92. The van der Waals surface area contributed by atoms with Gasteiger partial charge in [0, 0.05) is 12.8 Å². The van der Waals surface area contributed by atoms with Gasteiger partial charge >= 0.3 is 5.97 Å². The first kappa shape index (κ1) is 12.6. The Bertz CT molecular complexity index is 352. The third kappa shape index (κ3) is 3.62. The zero-order valence-electron chi connectivity index (χ0n) is 9.90. The summed E-state index contributed by atoms with van der Waals surface area (Å²) in [5, 5.41) is 0. The third-order valence-corrected chi connectivity index (χ3v) is 2.09. The van der Waals surface area contributed by atoms with Gasteiger partial charge in [0.25, 0.3) is 0 Å². The highest BCUT2D eigenvalue weighted by molar-refractivity contribution is 5.90. The van der Waals surface area contributed by atoms with E-state index in [1.165, 1.54) is 0 Å². The second-order valence-electron chi connectivity index (χ2n) is 3.51. The van der Waals surface area contributed by atoms with Crippen LogP contribution in [-0.4, -0.2) is 30.3 Å². The Morgan fingerprint density at radius 2 is 2.31 bits per heavy atom. The number of carbonyl (C=O) groups excluding carboxylic acids is 1. The molecule has 88 valence electrons. The molecule has 0 saturated carbocycles. The van der Waals surface area contributed by atoms with E-state index in [1.54, 1.807) is 32.2 Å². The van der Waals surface area contributed by atoms with Crippen molar-refractivity contribution >= 4 is 5.97 Å². The molecule has 0 aliphatic carbocycles. The number of hydrogen-bond donors (Lipinski definition) is 0. The number of aromatic nitrogens is 1. The molecule has 4 nitrogen and oxygen atoms in total. The first-order valence-corrected chi connectivity index (χ1v) is 5.35. The maximum atomic E-state index is 11.7. The molecule has 1 rings (SSSR count). The summed E-state index contributed by atoms with van der Waals surface area (Å²) in [6, 6.07) is 3.43. The molecule has 0 aromatic carbocycles. The molecule has 4 heteroatoms. The standard InChI is InChI=1S/C12H17NO3/c1-4-15-8-9(2)16-12(14)11-6-5-7-13-10(11)3/h5-7,9H,4,8H2,1-3H3. The summed E-state index contributed by atoms with van der Waals surface area (Å²) in [4.78, 5) is 15.8.